The van der Waals surface area contributed by atoms with Crippen LogP contribution in [0.4, 0.5) is 0 Å². The molecule has 2 aromatic carbocycles. The van der Waals surface area contributed by atoms with Crippen LogP contribution in [-0.2, 0) is 33.2 Å². The molecule has 1 spiro atoms. The van der Waals surface area contributed by atoms with Gasteiger partial charge in [0, 0.05) is 30.5 Å². The summed E-state index contributed by atoms with van der Waals surface area (Å²) in [6.45, 7) is 7.22. The first-order chi connectivity index (χ1) is 22.3. The third-order valence-electron chi connectivity index (χ3n) is 13.2. The van der Waals surface area contributed by atoms with Gasteiger partial charge in [0.1, 0.15) is 5.78 Å². The van der Waals surface area contributed by atoms with Crippen molar-refractivity contribution in [3.05, 3.63) is 58.9 Å². The zero-order chi connectivity index (χ0) is 31.7. The molecule has 7 heteroatoms. The van der Waals surface area contributed by atoms with Crippen LogP contribution in [0.2, 0.25) is 0 Å². The lowest BCUT2D eigenvalue weighted by Gasteiger charge is -2.46. The number of Topliss-reactive ketones (excluding diaryl/α,β-unsaturated/α-hetero) is 1. The van der Waals surface area contributed by atoms with Crippen LogP contribution in [0.15, 0.2) is 36.7 Å². The SMILES string of the molecule is CC[C@@]12CCC(=O)C[C@@H]1CCCc1cc3c(cnn3C(C)=O)cc12.CC[C@@]12CC[C@]3(CO3)C[C@@H]1CCCc1cc3[nH]ncc3cc12. The largest absolute Gasteiger partial charge is 0.370 e. The minimum Gasteiger partial charge on any atom is -0.370 e. The number of hydrogen-bond acceptors (Lipinski definition) is 5. The average molecular weight is 621 g/mol. The standard InChI is InChI=1S/C20H24N2O2.C19H24N2O/c1-3-20-8-7-17(24)11-16(20)6-4-5-14-10-19-15(9-18(14)20)12-21-22(19)13(2)23;1-2-19-7-6-18(12-22-18)10-15(19)5-3-4-13-9-17-14(8-16(13)19)11-20-21-17/h9-10,12,16H,3-8,11H2,1-2H3;8-9,11,15H,2-7,10,12H2,1H3,(H,20,21)/t16-,20+;15-,18+,19+/m00/s1. The highest BCUT2D eigenvalue weighted by Gasteiger charge is 2.56. The van der Waals surface area contributed by atoms with Gasteiger partial charge in [-0.15, -0.1) is 0 Å². The Morgan fingerprint density at radius 3 is 2.33 bits per heavy atom. The molecule has 4 aromatic rings. The highest BCUT2D eigenvalue weighted by Crippen LogP contribution is 2.58. The van der Waals surface area contributed by atoms with Gasteiger partial charge in [0.05, 0.1) is 35.6 Å². The van der Waals surface area contributed by atoms with Crippen LogP contribution in [0.5, 0.6) is 0 Å². The Hall–Kier alpha value is -3.32. The molecule has 0 unspecified atom stereocenters. The molecule has 1 N–H and O–H groups in total. The summed E-state index contributed by atoms with van der Waals surface area (Å²) >= 11 is 0. The first kappa shape index (κ1) is 30.0. The van der Waals surface area contributed by atoms with E-state index >= 15 is 0 Å². The van der Waals surface area contributed by atoms with Crippen LogP contribution < -0.4 is 0 Å². The summed E-state index contributed by atoms with van der Waals surface area (Å²) in [7, 11) is 0. The molecule has 1 aliphatic heterocycles. The third-order valence-corrected chi connectivity index (χ3v) is 13.2. The van der Waals surface area contributed by atoms with Crippen molar-refractivity contribution in [2.24, 2.45) is 11.8 Å². The number of ketones is 1. The number of carbonyl (C=O) groups excluding carboxylic acids is 2. The van der Waals surface area contributed by atoms with E-state index < -0.39 is 0 Å². The van der Waals surface area contributed by atoms with E-state index in [1.54, 1.807) is 24.2 Å². The van der Waals surface area contributed by atoms with Crippen molar-refractivity contribution in [1.82, 2.24) is 20.0 Å². The molecule has 242 valence electrons. The number of H-pyrrole nitrogens is 1. The van der Waals surface area contributed by atoms with Gasteiger partial charge < -0.3 is 4.74 Å². The number of aryl methyl sites for hydroxylation is 2. The summed E-state index contributed by atoms with van der Waals surface area (Å²) < 4.78 is 7.35. The highest BCUT2D eigenvalue weighted by molar-refractivity contribution is 5.91. The van der Waals surface area contributed by atoms with Crippen molar-refractivity contribution in [3.63, 3.8) is 0 Å². The van der Waals surface area contributed by atoms with E-state index in [0.29, 0.717) is 23.5 Å². The Labute approximate surface area is 271 Å². The maximum absolute atomic E-state index is 12.0. The molecule has 5 aliphatic rings. The Morgan fingerprint density at radius 1 is 0.913 bits per heavy atom. The lowest BCUT2D eigenvalue weighted by Crippen LogP contribution is -2.42. The number of rotatable bonds is 2. The second-order valence-electron chi connectivity index (χ2n) is 15.2. The van der Waals surface area contributed by atoms with E-state index in [-0.39, 0.29) is 16.9 Å². The average Bonchev–Trinajstić information content (AvgIpc) is 3.53. The third kappa shape index (κ3) is 4.70. The van der Waals surface area contributed by atoms with Crippen LogP contribution in [0, 0.1) is 11.8 Å². The summed E-state index contributed by atoms with van der Waals surface area (Å²) in [5.74, 6) is 1.63. The molecule has 3 fully saturated rings. The molecule has 3 heterocycles. The Bertz CT molecular complexity index is 1830. The fourth-order valence-corrected chi connectivity index (χ4v) is 10.5. The lowest BCUT2D eigenvalue weighted by molar-refractivity contribution is -0.123. The Kier molecular flexibility index (Phi) is 7.28. The number of nitrogens with zero attached hydrogens (tertiary/aromatic N) is 3. The van der Waals surface area contributed by atoms with Gasteiger partial charge in [0.15, 0.2) is 0 Å². The summed E-state index contributed by atoms with van der Waals surface area (Å²) in [6.07, 6.45) is 19.5. The molecule has 4 aliphatic carbocycles. The van der Waals surface area contributed by atoms with Gasteiger partial charge >= 0.3 is 0 Å². The van der Waals surface area contributed by atoms with Crippen molar-refractivity contribution in [2.75, 3.05) is 6.61 Å². The molecule has 9 rings (SSSR count). The number of carbonyl (C=O) groups is 2. The first-order valence-corrected chi connectivity index (χ1v) is 17.9. The molecule has 46 heavy (non-hydrogen) atoms. The summed E-state index contributed by atoms with van der Waals surface area (Å²) in [4.78, 5) is 23.8. The van der Waals surface area contributed by atoms with Gasteiger partial charge in [0.25, 0.3) is 0 Å². The Morgan fingerprint density at radius 2 is 1.61 bits per heavy atom. The van der Waals surface area contributed by atoms with Crippen molar-refractivity contribution in [2.45, 2.75) is 127 Å². The minimum atomic E-state index is -0.0510. The molecule has 2 aromatic heterocycles. The predicted octanol–water partition coefficient (Wildman–Crippen LogP) is 8.17. The molecular formula is C39H48N4O3. The molecule has 0 amide bonds. The topological polar surface area (TPSA) is 93.2 Å². The van der Waals surface area contributed by atoms with Crippen molar-refractivity contribution in [1.29, 1.82) is 0 Å². The number of epoxide rings is 1. The molecule has 0 radical (unpaired) electrons. The van der Waals surface area contributed by atoms with Gasteiger partial charge in [-0.2, -0.15) is 10.2 Å². The van der Waals surface area contributed by atoms with E-state index in [4.69, 9.17) is 4.74 Å². The smallest absolute Gasteiger partial charge is 0.244 e. The van der Waals surface area contributed by atoms with E-state index in [2.05, 4.69) is 53.4 Å². The quantitative estimate of drug-likeness (QED) is 0.228. The summed E-state index contributed by atoms with van der Waals surface area (Å²) in [5, 5.41) is 14.0. The number of nitrogens with one attached hydrogen (secondary N) is 1. The fraction of sp³-hybridized carbons (Fsp3) is 0.590. The van der Waals surface area contributed by atoms with Crippen LogP contribution in [0.3, 0.4) is 0 Å². The van der Waals surface area contributed by atoms with Gasteiger partial charge in [0.2, 0.25) is 5.91 Å². The predicted molar refractivity (Wildman–Crippen MR) is 180 cm³/mol. The number of fused-ring (bicyclic) bond motifs is 8. The molecule has 1 saturated heterocycles. The molecule has 2 saturated carbocycles. The molecule has 5 atom stereocenters. The number of ether oxygens (including phenoxy) is 1. The van der Waals surface area contributed by atoms with E-state index in [1.165, 1.54) is 71.7 Å². The van der Waals surface area contributed by atoms with Crippen LogP contribution in [-0.4, -0.2) is 43.9 Å². The van der Waals surface area contributed by atoms with Gasteiger partial charge in [-0.05, 0) is 146 Å². The maximum Gasteiger partial charge on any atom is 0.244 e. The van der Waals surface area contributed by atoms with E-state index in [1.807, 2.05) is 6.20 Å². The molecular weight excluding hydrogens is 572 g/mol. The van der Waals surface area contributed by atoms with Gasteiger partial charge in [-0.3, -0.25) is 14.7 Å². The van der Waals surface area contributed by atoms with Crippen LogP contribution in [0.1, 0.15) is 125 Å². The minimum absolute atomic E-state index is 0.0510. The molecule has 7 nitrogen and oxygen atoms in total. The monoisotopic (exact) mass is 620 g/mol. The zero-order valence-electron chi connectivity index (χ0n) is 27.8. The van der Waals surface area contributed by atoms with Crippen LogP contribution >= 0.6 is 0 Å². The summed E-state index contributed by atoms with van der Waals surface area (Å²) in [5.41, 5.74) is 8.82. The number of hydrogen-bond donors (Lipinski definition) is 1. The number of aromatic nitrogens is 4. The zero-order valence-corrected chi connectivity index (χ0v) is 27.8. The second kappa shape index (κ2) is 11.1. The van der Waals surface area contributed by atoms with Gasteiger partial charge in [-0.25, -0.2) is 4.68 Å². The number of benzene rings is 2. The number of aromatic amines is 1. The van der Waals surface area contributed by atoms with Gasteiger partial charge in [-0.1, -0.05) is 13.8 Å². The molecule has 0 bridgehead atoms. The maximum atomic E-state index is 12.0. The first-order valence-electron chi connectivity index (χ1n) is 17.9. The van der Waals surface area contributed by atoms with Crippen molar-refractivity contribution in [3.8, 4) is 0 Å². The normalized spacial score (nSPS) is 31.6. The summed E-state index contributed by atoms with van der Waals surface area (Å²) in [6, 6.07) is 9.25. The van der Waals surface area contributed by atoms with E-state index in [0.717, 1.165) is 62.0 Å². The highest BCUT2D eigenvalue weighted by atomic mass is 16.6. The Balaban J connectivity index is 0.000000136. The van der Waals surface area contributed by atoms with Crippen molar-refractivity contribution < 1.29 is 14.3 Å². The van der Waals surface area contributed by atoms with Crippen LogP contribution in [0.25, 0.3) is 21.8 Å². The lowest BCUT2D eigenvalue weighted by atomic mass is 9.58. The second-order valence-corrected chi connectivity index (χ2v) is 15.2. The van der Waals surface area contributed by atoms with E-state index in [9.17, 15) is 9.59 Å². The van der Waals surface area contributed by atoms with Crippen molar-refractivity contribution >= 4 is 33.5 Å². The fourth-order valence-electron chi connectivity index (χ4n) is 10.5.